The van der Waals surface area contributed by atoms with Gasteiger partial charge in [-0.25, -0.2) is 0 Å². The molecule has 0 bridgehead atoms. The van der Waals surface area contributed by atoms with Crippen LogP contribution in [-0.2, 0) is 6.42 Å². The van der Waals surface area contributed by atoms with Gasteiger partial charge in [-0.15, -0.1) is 0 Å². The molecule has 1 N–H and O–H groups in total. The Labute approximate surface area is 154 Å². The van der Waals surface area contributed by atoms with Crippen LogP contribution in [0.2, 0.25) is 5.02 Å². The predicted molar refractivity (Wildman–Crippen MR) is 100 cm³/mol. The van der Waals surface area contributed by atoms with E-state index in [4.69, 9.17) is 25.8 Å². The van der Waals surface area contributed by atoms with E-state index in [1.165, 1.54) is 11.1 Å². The Morgan fingerprint density at radius 2 is 1.80 bits per heavy atom. The number of aryl methyl sites for hydroxylation is 1. The molecule has 0 saturated heterocycles. The molecule has 4 nitrogen and oxygen atoms in total. The van der Waals surface area contributed by atoms with E-state index in [1.54, 1.807) is 14.2 Å². The normalized spacial score (nSPS) is 16.3. The van der Waals surface area contributed by atoms with Crippen molar-refractivity contribution in [2.24, 2.45) is 0 Å². The monoisotopic (exact) mass is 361 g/mol. The van der Waals surface area contributed by atoms with Crippen LogP contribution in [0.4, 0.5) is 0 Å². The Kier molecular flexibility index (Phi) is 5.40. The van der Waals surface area contributed by atoms with E-state index in [9.17, 15) is 0 Å². The summed E-state index contributed by atoms with van der Waals surface area (Å²) in [7, 11) is 3.32. The zero-order chi connectivity index (χ0) is 18.0. The van der Waals surface area contributed by atoms with Crippen LogP contribution >= 0.6 is 11.6 Å². The molecule has 1 atom stereocenters. The van der Waals surface area contributed by atoms with Gasteiger partial charge in [0, 0.05) is 17.1 Å². The number of halogens is 1. The molecule has 0 fully saturated rings. The minimum absolute atomic E-state index is 0.00232. The van der Waals surface area contributed by atoms with Crippen LogP contribution in [0.3, 0.4) is 0 Å². The molecule has 3 rings (SSSR count). The number of hydrogen-bond acceptors (Lipinski definition) is 4. The van der Waals surface area contributed by atoms with Crippen molar-refractivity contribution >= 4 is 11.6 Å². The Bertz CT molecular complexity index is 776. The van der Waals surface area contributed by atoms with Gasteiger partial charge in [-0.05, 0) is 61.2 Å². The first kappa shape index (κ1) is 17.9. The van der Waals surface area contributed by atoms with E-state index in [0.29, 0.717) is 11.6 Å². The van der Waals surface area contributed by atoms with E-state index in [-0.39, 0.29) is 6.04 Å². The van der Waals surface area contributed by atoms with Gasteiger partial charge < -0.3 is 19.5 Å². The maximum absolute atomic E-state index is 6.35. The molecular formula is C20H24ClNO3. The van der Waals surface area contributed by atoms with Crippen molar-refractivity contribution in [1.29, 1.82) is 0 Å². The third kappa shape index (κ3) is 3.42. The number of nitrogens with one attached hydrogen (secondary N) is 1. The maximum atomic E-state index is 6.35. The molecular weight excluding hydrogens is 338 g/mol. The molecule has 0 amide bonds. The number of ether oxygens (including phenoxy) is 3. The van der Waals surface area contributed by atoms with Crippen molar-refractivity contribution in [3.63, 3.8) is 0 Å². The van der Waals surface area contributed by atoms with Crippen LogP contribution in [0.15, 0.2) is 24.3 Å². The van der Waals surface area contributed by atoms with Crippen molar-refractivity contribution in [1.82, 2.24) is 5.32 Å². The molecule has 5 heteroatoms. The molecule has 1 aliphatic heterocycles. The molecule has 1 unspecified atom stereocenters. The Morgan fingerprint density at radius 1 is 1.08 bits per heavy atom. The van der Waals surface area contributed by atoms with Crippen molar-refractivity contribution < 1.29 is 14.2 Å². The van der Waals surface area contributed by atoms with Crippen LogP contribution in [0.1, 0.15) is 35.2 Å². The lowest BCUT2D eigenvalue weighted by Crippen LogP contribution is -2.31. The summed E-state index contributed by atoms with van der Waals surface area (Å²) in [5.41, 5.74) is 4.52. The summed E-state index contributed by atoms with van der Waals surface area (Å²) in [6, 6.07) is 8.05. The quantitative estimate of drug-likeness (QED) is 0.861. The fourth-order valence-corrected chi connectivity index (χ4v) is 3.75. The largest absolute Gasteiger partial charge is 0.493 e. The van der Waals surface area contributed by atoms with Gasteiger partial charge in [-0.1, -0.05) is 11.6 Å². The second kappa shape index (κ2) is 7.54. The molecule has 2 aromatic rings. The summed E-state index contributed by atoms with van der Waals surface area (Å²) in [6.45, 7) is 5.51. The molecule has 1 aliphatic rings. The van der Waals surface area contributed by atoms with Gasteiger partial charge in [0.1, 0.15) is 5.75 Å². The highest BCUT2D eigenvalue weighted by Crippen LogP contribution is 2.41. The predicted octanol–water partition coefficient (Wildman–Crippen LogP) is 4.30. The number of hydrogen-bond donors (Lipinski definition) is 1. The number of methoxy groups -OCH3 is 2. The number of rotatable bonds is 5. The first-order valence-electron chi connectivity index (χ1n) is 8.50. The summed E-state index contributed by atoms with van der Waals surface area (Å²) < 4.78 is 16.9. The minimum Gasteiger partial charge on any atom is -0.493 e. The molecule has 1 heterocycles. The highest BCUT2D eigenvalue weighted by atomic mass is 35.5. The Balaban J connectivity index is 2.15. The fraction of sp³-hybridized carbons (Fsp3) is 0.400. The molecule has 2 aromatic carbocycles. The highest BCUT2D eigenvalue weighted by molar-refractivity contribution is 6.30. The zero-order valence-corrected chi connectivity index (χ0v) is 15.9. The van der Waals surface area contributed by atoms with Crippen molar-refractivity contribution in [3.8, 4) is 17.2 Å². The molecule has 0 saturated carbocycles. The third-order valence-electron chi connectivity index (χ3n) is 4.57. The first-order valence-corrected chi connectivity index (χ1v) is 8.87. The van der Waals surface area contributed by atoms with Crippen molar-refractivity contribution in [2.45, 2.75) is 26.3 Å². The third-order valence-corrected chi connectivity index (χ3v) is 4.79. The Hall–Kier alpha value is -1.91. The fourth-order valence-electron chi connectivity index (χ4n) is 3.47. The SMILES string of the molecule is CCOc1c(C)cc(Cl)cc1C1NCCc2cc(OC)c(OC)cc21. The lowest BCUT2D eigenvalue weighted by molar-refractivity contribution is 0.330. The van der Waals surface area contributed by atoms with Gasteiger partial charge in [0.2, 0.25) is 0 Å². The molecule has 0 aromatic heterocycles. The second-order valence-electron chi connectivity index (χ2n) is 6.12. The van der Waals surface area contributed by atoms with E-state index >= 15 is 0 Å². The van der Waals surface area contributed by atoms with E-state index in [0.717, 1.165) is 41.3 Å². The second-order valence-corrected chi connectivity index (χ2v) is 6.55. The van der Waals surface area contributed by atoms with Crippen LogP contribution < -0.4 is 19.5 Å². The Morgan fingerprint density at radius 3 is 2.48 bits per heavy atom. The first-order chi connectivity index (χ1) is 12.1. The smallest absolute Gasteiger partial charge is 0.161 e. The van der Waals surface area contributed by atoms with Gasteiger partial charge in [-0.2, -0.15) is 0 Å². The number of benzene rings is 2. The topological polar surface area (TPSA) is 39.7 Å². The molecule has 25 heavy (non-hydrogen) atoms. The summed E-state index contributed by atoms with van der Waals surface area (Å²) in [5, 5.41) is 4.31. The van der Waals surface area contributed by atoms with Crippen LogP contribution in [-0.4, -0.2) is 27.4 Å². The van der Waals surface area contributed by atoms with E-state index in [2.05, 4.69) is 17.4 Å². The van der Waals surface area contributed by atoms with E-state index in [1.807, 2.05) is 26.0 Å². The van der Waals surface area contributed by atoms with Gasteiger partial charge in [0.05, 0.1) is 26.9 Å². The van der Waals surface area contributed by atoms with Gasteiger partial charge in [0.25, 0.3) is 0 Å². The summed E-state index contributed by atoms with van der Waals surface area (Å²) in [5.74, 6) is 2.38. The van der Waals surface area contributed by atoms with Crippen LogP contribution in [0.25, 0.3) is 0 Å². The molecule has 0 radical (unpaired) electrons. The highest BCUT2D eigenvalue weighted by Gasteiger charge is 2.27. The average Bonchev–Trinajstić information content (AvgIpc) is 2.62. The molecule has 0 aliphatic carbocycles. The lowest BCUT2D eigenvalue weighted by Gasteiger charge is -2.30. The lowest BCUT2D eigenvalue weighted by atomic mass is 9.88. The standard InChI is InChI=1S/C20H24ClNO3/c1-5-25-20-12(2)8-14(21)10-16(20)19-15-11-18(24-4)17(23-3)9-13(15)6-7-22-19/h8-11,19,22H,5-7H2,1-4H3. The zero-order valence-electron chi connectivity index (χ0n) is 15.1. The minimum atomic E-state index is 0.00232. The molecule has 134 valence electrons. The van der Waals surface area contributed by atoms with Crippen LogP contribution in [0.5, 0.6) is 17.2 Å². The van der Waals surface area contributed by atoms with E-state index < -0.39 is 0 Å². The van der Waals surface area contributed by atoms with Gasteiger partial charge in [0.15, 0.2) is 11.5 Å². The van der Waals surface area contributed by atoms with Gasteiger partial charge >= 0.3 is 0 Å². The maximum Gasteiger partial charge on any atom is 0.161 e. The van der Waals surface area contributed by atoms with Crippen molar-refractivity contribution in [3.05, 3.63) is 51.5 Å². The summed E-state index contributed by atoms with van der Waals surface area (Å²) in [6.07, 6.45) is 0.940. The summed E-state index contributed by atoms with van der Waals surface area (Å²) >= 11 is 6.35. The average molecular weight is 362 g/mol. The van der Waals surface area contributed by atoms with Gasteiger partial charge in [-0.3, -0.25) is 0 Å². The number of fused-ring (bicyclic) bond motifs is 1. The summed E-state index contributed by atoms with van der Waals surface area (Å²) in [4.78, 5) is 0. The van der Waals surface area contributed by atoms with Crippen LogP contribution in [0, 0.1) is 6.92 Å². The molecule has 0 spiro atoms. The van der Waals surface area contributed by atoms with Crippen molar-refractivity contribution in [2.75, 3.05) is 27.4 Å².